The number of aromatic nitrogens is 4. The van der Waals surface area contributed by atoms with Gasteiger partial charge in [0.25, 0.3) is 0 Å². The lowest BCUT2D eigenvalue weighted by atomic mass is 10.2. The standard InChI is InChI=1S/C20H15ClFN5O2/c1-12-10-17-25-26(11-18(28)24-16-5-3-2-4-15(16)22)20(29)27(17)19(23-12)13-6-8-14(21)9-7-13/h2-10H,11H2,1H3,(H,24,28). The molecule has 0 unspecified atom stereocenters. The minimum Gasteiger partial charge on any atom is -0.322 e. The van der Waals surface area contributed by atoms with Gasteiger partial charge in [-0.15, -0.1) is 5.10 Å². The minimum absolute atomic E-state index is 0.0358. The van der Waals surface area contributed by atoms with E-state index in [4.69, 9.17) is 11.6 Å². The molecule has 2 aromatic carbocycles. The molecule has 0 aliphatic carbocycles. The van der Waals surface area contributed by atoms with Crippen LogP contribution in [0.1, 0.15) is 5.69 Å². The van der Waals surface area contributed by atoms with E-state index in [0.29, 0.717) is 27.8 Å². The molecule has 9 heteroatoms. The van der Waals surface area contributed by atoms with Crippen molar-refractivity contribution in [2.24, 2.45) is 0 Å². The van der Waals surface area contributed by atoms with Gasteiger partial charge in [0.05, 0.1) is 5.69 Å². The quantitative estimate of drug-likeness (QED) is 0.558. The Morgan fingerprint density at radius 3 is 2.62 bits per heavy atom. The van der Waals surface area contributed by atoms with Crippen LogP contribution in [0.2, 0.25) is 5.02 Å². The van der Waals surface area contributed by atoms with Gasteiger partial charge < -0.3 is 5.32 Å². The Balaban J connectivity index is 1.72. The highest BCUT2D eigenvalue weighted by molar-refractivity contribution is 6.30. The minimum atomic E-state index is -0.571. The first kappa shape index (κ1) is 18.8. The van der Waals surface area contributed by atoms with E-state index in [0.717, 1.165) is 4.68 Å². The lowest BCUT2D eigenvalue weighted by Gasteiger charge is -2.05. The second kappa shape index (κ2) is 7.48. The fraction of sp³-hybridized carbons (Fsp3) is 0.100. The predicted molar refractivity (Wildman–Crippen MR) is 107 cm³/mol. The van der Waals surface area contributed by atoms with Gasteiger partial charge in [0.2, 0.25) is 5.91 Å². The largest absolute Gasteiger partial charge is 0.352 e. The molecule has 29 heavy (non-hydrogen) atoms. The summed E-state index contributed by atoms with van der Waals surface area (Å²) < 4.78 is 16.1. The average Bonchev–Trinajstić information content (AvgIpc) is 2.98. The van der Waals surface area contributed by atoms with Gasteiger partial charge in [0, 0.05) is 22.3 Å². The Hall–Kier alpha value is -3.52. The van der Waals surface area contributed by atoms with Gasteiger partial charge in [-0.3, -0.25) is 4.79 Å². The maximum atomic E-state index is 13.7. The molecule has 7 nitrogen and oxygen atoms in total. The van der Waals surface area contributed by atoms with Crippen LogP contribution in [0, 0.1) is 12.7 Å². The zero-order valence-corrected chi connectivity index (χ0v) is 16.0. The number of benzene rings is 2. The maximum absolute atomic E-state index is 13.7. The number of aryl methyl sites for hydroxylation is 1. The number of carbonyl (C=O) groups is 1. The summed E-state index contributed by atoms with van der Waals surface area (Å²) in [6, 6.07) is 14.3. The second-order valence-electron chi connectivity index (χ2n) is 6.39. The fourth-order valence-corrected chi connectivity index (χ4v) is 3.06. The zero-order chi connectivity index (χ0) is 20.5. The van der Waals surface area contributed by atoms with Crippen LogP contribution in [0.25, 0.3) is 17.0 Å². The van der Waals surface area contributed by atoms with E-state index in [1.54, 1.807) is 43.3 Å². The summed E-state index contributed by atoms with van der Waals surface area (Å²) in [6.07, 6.45) is 0. The van der Waals surface area contributed by atoms with Crippen LogP contribution in [-0.4, -0.2) is 25.1 Å². The molecule has 0 radical (unpaired) electrons. The molecule has 4 aromatic rings. The summed E-state index contributed by atoms with van der Waals surface area (Å²) >= 11 is 5.94. The topological polar surface area (TPSA) is 81.3 Å². The van der Waals surface area contributed by atoms with Crippen molar-refractivity contribution in [3.05, 3.63) is 81.6 Å². The maximum Gasteiger partial charge on any atom is 0.352 e. The number of hydrogen-bond acceptors (Lipinski definition) is 4. The fourth-order valence-electron chi connectivity index (χ4n) is 2.94. The Labute approximate surface area is 169 Å². The molecule has 0 atom stereocenters. The molecule has 146 valence electrons. The molecule has 2 aromatic heterocycles. The molecular formula is C20H15ClFN5O2. The number of para-hydroxylation sites is 1. The predicted octanol–water partition coefficient (Wildman–Crippen LogP) is 3.30. The van der Waals surface area contributed by atoms with Gasteiger partial charge in [-0.05, 0) is 43.3 Å². The second-order valence-corrected chi connectivity index (χ2v) is 6.83. The summed E-state index contributed by atoms with van der Waals surface area (Å²) in [5.74, 6) is -0.742. The summed E-state index contributed by atoms with van der Waals surface area (Å²) in [4.78, 5) is 29.7. The van der Waals surface area contributed by atoms with Gasteiger partial charge in [0.1, 0.15) is 18.2 Å². The van der Waals surface area contributed by atoms with E-state index >= 15 is 0 Å². The first-order valence-corrected chi connectivity index (χ1v) is 9.08. The Kier molecular flexibility index (Phi) is 4.85. The first-order valence-electron chi connectivity index (χ1n) is 8.70. The number of hydrogen-bond donors (Lipinski definition) is 1. The first-order chi connectivity index (χ1) is 13.9. The van der Waals surface area contributed by atoms with Gasteiger partial charge in [-0.1, -0.05) is 23.7 Å². The van der Waals surface area contributed by atoms with Gasteiger partial charge in [-0.2, -0.15) is 0 Å². The molecule has 0 fully saturated rings. The lowest BCUT2D eigenvalue weighted by molar-refractivity contribution is -0.117. The molecule has 1 N–H and O–H groups in total. The number of nitrogens with zero attached hydrogens (tertiary/aromatic N) is 4. The molecule has 0 saturated carbocycles. The monoisotopic (exact) mass is 411 g/mol. The molecule has 4 rings (SSSR count). The van der Waals surface area contributed by atoms with Crippen molar-refractivity contribution in [1.29, 1.82) is 0 Å². The average molecular weight is 412 g/mol. The molecular weight excluding hydrogens is 397 g/mol. The van der Waals surface area contributed by atoms with Crippen LogP contribution in [0.15, 0.2) is 59.4 Å². The van der Waals surface area contributed by atoms with Crippen molar-refractivity contribution in [2.75, 3.05) is 5.32 Å². The number of nitrogens with one attached hydrogen (secondary N) is 1. The Morgan fingerprint density at radius 2 is 1.90 bits per heavy atom. The normalized spacial score (nSPS) is 11.0. The van der Waals surface area contributed by atoms with Crippen LogP contribution in [-0.2, 0) is 11.3 Å². The summed E-state index contributed by atoms with van der Waals surface area (Å²) in [5.41, 5.74) is 1.21. The number of halogens is 2. The zero-order valence-electron chi connectivity index (χ0n) is 15.3. The van der Waals surface area contributed by atoms with Crippen LogP contribution in [0.4, 0.5) is 10.1 Å². The highest BCUT2D eigenvalue weighted by atomic mass is 35.5. The van der Waals surface area contributed by atoms with E-state index in [9.17, 15) is 14.0 Å². The molecule has 0 aliphatic heterocycles. The Morgan fingerprint density at radius 1 is 1.17 bits per heavy atom. The highest BCUT2D eigenvalue weighted by Gasteiger charge is 2.17. The van der Waals surface area contributed by atoms with E-state index in [1.165, 1.54) is 22.6 Å². The molecule has 0 bridgehead atoms. The smallest absolute Gasteiger partial charge is 0.322 e. The van der Waals surface area contributed by atoms with Crippen molar-refractivity contribution in [1.82, 2.24) is 19.2 Å². The van der Waals surface area contributed by atoms with Gasteiger partial charge in [-0.25, -0.2) is 23.3 Å². The van der Waals surface area contributed by atoms with E-state index in [2.05, 4.69) is 15.4 Å². The summed E-state index contributed by atoms with van der Waals surface area (Å²) in [7, 11) is 0. The van der Waals surface area contributed by atoms with Crippen LogP contribution in [0.5, 0.6) is 0 Å². The van der Waals surface area contributed by atoms with Crippen LogP contribution < -0.4 is 11.0 Å². The Bertz CT molecular complexity index is 1280. The third-order valence-corrected chi connectivity index (χ3v) is 4.49. The van der Waals surface area contributed by atoms with Crippen molar-refractivity contribution < 1.29 is 9.18 Å². The summed E-state index contributed by atoms with van der Waals surface area (Å²) in [5, 5.41) is 7.23. The van der Waals surface area contributed by atoms with Gasteiger partial charge in [0.15, 0.2) is 5.65 Å². The molecule has 0 aliphatic rings. The molecule has 0 saturated heterocycles. The SMILES string of the molecule is Cc1cc2nn(CC(=O)Nc3ccccc3F)c(=O)n2c(-c2ccc(Cl)cc2)n1. The number of fused-ring (bicyclic) bond motifs is 1. The van der Waals surface area contributed by atoms with Crippen molar-refractivity contribution in [2.45, 2.75) is 13.5 Å². The van der Waals surface area contributed by atoms with E-state index < -0.39 is 17.4 Å². The van der Waals surface area contributed by atoms with E-state index in [1.807, 2.05) is 0 Å². The number of carbonyl (C=O) groups excluding carboxylic acids is 1. The molecule has 0 spiro atoms. The third kappa shape index (κ3) is 3.74. The molecule has 1 amide bonds. The van der Waals surface area contributed by atoms with Gasteiger partial charge >= 0.3 is 5.69 Å². The van der Waals surface area contributed by atoms with Crippen LogP contribution in [0.3, 0.4) is 0 Å². The van der Waals surface area contributed by atoms with Crippen molar-refractivity contribution in [3.63, 3.8) is 0 Å². The van der Waals surface area contributed by atoms with Crippen molar-refractivity contribution >= 4 is 28.8 Å². The summed E-state index contributed by atoms with van der Waals surface area (Å²) in [6.45, 7) is 1.42. The lowest BCUT2D eigenvalue weighted by Crippen LogP contribution is -2.29. The van der Waals surface area contributed by atoms with Crippen molar-refractivity contribution in [3.8, 4) is 11.4 Å². The third-order valence-electron chi connectivity index (χ3n) is 4.24. The number of anilines is 1. The number of amides is 1. The molecule has 2 heterocycles. The highest BCUT2D eigenvalue weighted by Crippen LogP contribution is 2.20. The van der Waals surface area contributed by atoms with E-state index in [-0.39, 0.29) is 12.2 Å². The van der Waals surface area contributed by atoms with Crippen LogP contribution >= 0.6 is 11.6 Å². The number of rotatable bonds is 4.